The molecule has 1 fully saturated rings. The monoisotopic (exact) mass is 264 g/mol. The lowest BCUT2D eigenvalue weighted by atomic mass is 10.1. The molecule has 0 spiro atoms. The van der Waals surface area contributed by atoms with Gasteiger partial charge in [-0.15, -0.1) is 11.3 Å². The molecule has 0 radical (unpaired) electrons. The predicted octanol–water partition coefficient (Wildman–Crippen LogP) is 2.62. The van der Waals surface area contributed by atoms with Crippen molar-refractivity contribution < 1.29 is 14.4 Å². The van der Waals surface area contributed by atoms with E-state index in [9.17, 15) is 4.79 Å². The lowest BCUT2D eigenvalue weighted by Gasteiger charge is -1.96. The van der Waals surface area contributed by atoms with Crippen LogP contribution in [0.3, 0.4) is 0 Å². The minimum atomic E-state index is -0.805. The Morgan fingerprint density at radius 1 is 1.56 bits per heavy atom. The molecule has 5 nitrogen and oxygen atoms in total. The van der Waals surface area contributed by atoms with Crippen LogP contribution in [0.2, 0.25) is 0 Å². The number of carboxylic acids is 1. The molecular weight excluding hydrogens is 252 g/mol. The third-order valence-corrected chi connectivity index (χ3v) is 4.41. The molecule has 2 unspecified atom stereocenters. The molecular formula is C12H12N2O3S. The molecule has 3 rings (SSSR count). The average Bonchev–Trinajstić information content (AvgIpc) is 2.80. The Hall–Kier alpha value is -1.69. The van der Waals surface area contributed by atoms with E-state index in [4.69, 9.17) is 9.63 Å². The Morgan fingerprint density at radius 2 is 2.33 bits per heavy atom. The molecule has 0 amide bonds. The van der Waals surface area contributed by atoms with Crippen LogP contribution in [0.1, 0.15) is 25.7 Å². The molecule has 1 aliphatic carbocycles. The maximum absolute atomic E-state index is 11.1. The fourth-order valence-electron chi connectivity index (χ4n) is 2.43. The summed E-state index contributed by atoms with van der Waals surface area (Å²) < 4.78 is 5.21. The fraction of sp³-hybridized carbons (Fsp3) is 0.417. The highest BCUT2D eigenvalue weighted by atomic mass is 32.1. The first-order chi connectivity index (χ1) is 8.51. The fourth-order valence-corrected chi connectivity index (χ4v) is 3.08. The van der Waals surface area contributed by atoms with Gasteiger partial charge in [0.2, 0.25) is 11.7 Å². The summed E-state index contributed by atoms with van der Waals surface area (Å²) in [5.74, 6) is -0.464. The summed E-state index contributed by atoms with van der Waals surface area (Å²) >= 11 is 1.53. The summed E-state index contributed by atoms with van der Waals surface area (Å²) in [6.07, 6.45) is 0. The summed E-state index contributed by atoms with van der Waals surface area (Å²) in [6, 6.07) is 3.82. The van der Waals surface area contributed by atoms with Gasteiger partial charge in [0.1, 0.15) is 0 Å². The number of hydrogen-bond acceptors (Lipinski definition) is 5. The van der Waals surface area contributed by atoms with Gasteiger partial charge in [-0.2, -0.15) is 4.98 Å². The maximum Gasteiger partial charge on any atom is 0.307 e. The highest BCUT2D eigenvalue weighted by molar-refractivity contribution is 7.13. The Morgan fingerprint density at radius 3 is 2.89 bits per heavy atom. The van der Waals surface area contributed by atoms with Crippen molar-refractivity contribution in [1.82, 2.24) is 10.1 Å². The van der Waals surface area contributed by atoms with Crippen molar-refractivity contribution in [2.24, 2.45) is 11.3 Å². The molecule has 1 N–H and O–H groups in total. The van der Waals surface area contributed by atoms with Crippen LogP contribution >= 0.6 is 11.3 Å². The molecule has 18 heavy (non-hydrogen) atoms. The molecule has 2 aromatic rings. The van der Waals surface area contributed by atoms with E-state index in [0.717, 1.165) is 4.88 Å². The van der Waals surface area contributed by atoms with Crippen molar-refractivity contribution in [3.05, 3.63) is 23.4 Å². The number of aliphatic carboxylic acids is 1. The summed E-state index contributed by atoms with van der Waals surface area (Å²) in [5.41, 5.74) is -0.314. The van der Waals surface area contributed by atoms with Gasteiger partial charge < -0.3 is 9.63 Å². The summed E-state index contributed by atoms with van der Waals surface area (Å²) in [4.78, 5) is 16.3. The number of rotatable bonds is 3. The van der Waals surface area contributed by atoms with Crippen molar-refractivity contribution in [2.45, 2.75) is 19.8 Å². The van der Waals surface area contributed by atoms with Crippen molar-refractivity contribution in [2.75, 3.05) is 0 Å². The van der Waals surface area contributed by atoms with Gasteiger partial charge >= 0.3 is 5.97 Å². The summed E-state index contributed by atoms with van der Waals surface area (Å²) in [5, 5.41) is 15.0. The zero-order valence-corrected chi connectivity index (χ0v) is 10.8. The van der Waals surface area contributed by atoms with Gasteiger partial charge in [-0.3, -0.25) is 4.79 Å². The van der Waals surface area contributed by atoms with Crippen LogP contribution in [0, 0.1) is 11.3 Å². The summed E-state index contributed by atoms with van der Waals surface area (Å²) in [7, 11) is 0. The first-order valence-corrected chi connectivity index (χ1v) is 6.50. The molecule has 6 heteroatoms. The van der Waals surface area contributed by atoms with Gasteiger partial charge in [-0.05, 0) is 16.9 Å². The van der Waals surface area contributed by atoms with Crippen LogP contribution in [0.4, 0.5) is 0 Å². The number of carboxylic acid groups (broad SMARTS) is 1. The molecule has 1 saturated carbocycles. The molecule has 0 aliphatic heterocycles. The summed E-state index contributed by atoms with van der Waals surface area (Å²) in [6.45, 7) is 3.82. The van der Waals surface area contributed by atoms with E-state index < -0.39 is 11.9 Å². The zero-order chi connectivity index (χ0) is 12.9. The highest BCUT2D eigenvalue weighted by Crippen LogP contribution is 2.64. The Balaban J connectivity index is 1.90. The number of carbonyl (C=O) groups is 1. The quantitative estimate of drug-likeness (QED) is 0.922. The van der Waals surface area contributed by atoms with Crippen LogP contribution in [-0.4, -0.2) is 21.2 Å². The van der Waals surface area contributed by atoms with Crippen molar-refractivity contribution in [3.8, 4) is 10.7 Å². The van der Waals surface area contributed by atoms with Crippen molar-refractivity contribution >= 4 is 17.3 Å². The minimum absolute atomic E-state index is 0.184. The molecule has 2 heterocycles. The number of hydrogen-bond donors (Lipinski definition) is 1. The van der Waals surface area contributed by atoms with Gasteiger partial charge in [0.15, 0.2) is 0 Å². The van der Waals surface area contributed by atoms with E-state index in [1.54, 1.807) is 0 Å². The standard InChI is InChI=1S/C12H12N2O3S/c1-12(2)7(8(12)11(15)16)10-13-9(14-17-10)6-4-3-5-18-6/h3-5,7-8H,1-2H3,(H,15,16). The number of thiophene rings is 1. The van der Waals surface area contributed by atoms with Crippen LogP contribution in [-0.2, 0) is 4.79 Å². The molecule has 94 valence electrons. The number of aromatic nitrogens is 2. The van der Waals surface area contributed by atoms with Gasteiger partial charge in [-0.25, -0.2) is 0 Å². The second kappa shape index (κ2) is 3.65. The first kappa shape index (κ1) is 11.4. The van der Waals surface area contributed by atoms with E-state index in [1.807, 2.05) is 31.4 Å². The molecule has 0 bridgehead atoms. The van der Waals surface area contributed by atoms with Crippen LogP contribution in [0.5, 0.6) is 0 Å². The minimum Gasteiger partial charge on any atom is -0.481 e. The zero-order valence-electron chi connectivity index (χ0n) is 9.95. The normalized spacial score (nSPS) is 25.0. The molecule has 2 aromatic heterocycles. The van der Waals surface area contributed by atoms with Crippen LogP contribution in [0.25, 0.3) is 10.7 Å². The molecule has 2 atom stereocenters. The third kappa shape index (κ3) is 1.56. The van der Waals surface area contributed by atoms with E-state index in [2.05, 4.69) is 10.1 Å². The lowest BCUT2D eigenvalue weighted by Crippen LogP contribution is -2.03. The molecule has 0 aromatic carbocycles. The maximum atomic E-state index is 11.1. The van der Waals surface area contributed by atoms with E-state index in [0.29, 0.717) is 11.7 Å². The van der Waals surface area contributed by atoms with Gasteiger partial charge in [0.25, 0.3) is 0 Å². The Bertz CT molecular complexity index is 588. The van der Waals surface area contributed by atoms with Crippen LogP contribution in [0.15, 0.2) is 22.0 Å². The smallest absolute Gasteiger partial charge is 0.307 e. The second-order valence-corrected chi connectivity index (χ2v) is 6.00. The average molecular weight is 264 g/mol. The van der Waals surface area contributed by atoms with Gasteiger partial charge in [-0.1, -0.05) is 25.1 Å². The second-order valence-electron chi connectivity index (χ2n) is 5.05. The highest BCUT2D eigenvalue weighted by Gasteiger charge is 2.65. The molecule has 0 saturated heterocycles. The third-order valence-electron chi connectivity index (χ3n) is 3.54. The number of nitrogens with zero attached hydrogens (tertiary/aromatic N) is 2. The van der Waals surface area contributed by atoms with E-state index >= 15 is 0 Å². The van der Waals surface area contributed by atoms with E-state index in [-0.39, 0.29) is 11.3 Å². The first-order valence-electron chi connectivity index (χ1n) is 5.62. The van der Waals surface area contributed by atoms with E-state index in [1.165, 1.54) is 11.3 Å². The molecule has 1 aliphatic rings. The SMILES string of the molecule is CC1(C)C(C(=O)O)C1c1nc(-c2cccs2)no1. The van der Waals surface area contributed by atoms with Crippen LogP contribution < -0.4 is 0 Å². The van der Waals surface area contributed by atoms with Gasteiger partial charge in [0, 0.05) is 0 Å². The topological polar surface area (TPSA) is 76.2 Å². The van der Waals surface area contributed by atoms with Crippen molar-refractivity contribution in [3.63, 3.8) is 0 Å². The Labute approximate surface area is 107 Å². The van der Waals surface area contributed by atoms with Gasteiger partial charge in [0.05, 0.1) is 16.7 Å². The largest absolute Gasteiger partial charge is 0.481 e. The van der Waals surface area contributed by atoms with Crippen molar-refractivity contribution in [1.29, 1.82) is 0 Å². The predicted molar refractivity (Wildman–Crippen MR) is 65.3 cm³/mol. The Kier molecular flexibility index (Phi) is 2.31. The lowest BCUT2D eigenvalue weighted by molar-refractivity contribution is -0.139.